The topological polar surface area (TPSA) is 97.8 Å². The fourth-order valence-corrected chi connectivity index (χ4v) is 2.43. The molecule has 2 atom stereocenters. The summed E-state index contributed by atoms with van der Waals surface area (Å²) in [6.45, 7) is 0. The Morgan fingerprint density at radius 3 is 2.89 bits per heavy atom. The highest BCUT2D eigenvalue weighted by Gasteiger charge is 2.27. The number of alkyl halides is 1. The molecule has 0 saturated heterocycles. The lowest BCUT2D eigenvalue weighted by Gasteiger charge is -2.23. The van der Waals surface area contributed by atoms with E-state index < -0.39 is 18.2 Å². The first-order valence-corrected chi connectivity index (χ1v) is 6.78. The van der Waals surface area contributed by atoms with E-state index in [1.165, 1.54) is 5.38 Å². The zero-order chi connectivity index (χ0) is 13.8. The smallest absolute Gasteiger partial charge is 0.360 e. The maximum Gasteiger partial charge on any atom is 0.360 e. The van der Waals surface area contributed by atoms with Crippen molar-refractivity contribution in [3.63, 3.8) is 0 Å². The number of anilines is 1. The van der Waals surface area contributed by atoms with Crippen LogP contribution in [0.2, 0.25) is 0 Å². The molecule has 0 aliphatic heterocycles. The van der Waals surface area contributed by atoms with E-state index in [9.17, 15) is 9.18 Å². The van der Waals surface area contributed by atoms with Gasteiger partial charge in [0.05, 0.1) is 0 Å². The second kappa shape index (κ2) is 5.96. The first kappa shape index (κ1) is 13.7. The predicted molar refractivity (Wildman–Crippen MR) is 68.9 cm³/mol. The number of aliphatic carboxylic acids is 1. The van der Waals surface area contributed by atoms with Crippen LogP contribution in [0, 0.1) is 0 Å². The lowest BCUT2D eigenvalue weighted by Crippen LogP contribution is -2.28. The zero-order valence-electron chi connectivity index (χ0n) is 10.1. The first-order valence-electron chi connectivity index (χ1n) is 5.90. The molecular formula is C11H14FN3O3S. The van der Waals surface area contributed by atoms with Gasteiger partial charge >= 0.3 is 5.97 Å². The maximum absolute atomic E-state index is 13.5. The van der Waals surface area contributed by atoms with Gasteiger partial charge in [0.2, 0.25) is 5.71 Å². The lowest BCUT2D eigenvalue weighted by molar-refractivity contribution is -0.129. The summed E-state index contributed by atoms with van der Waals surface area (Å²) in [7, 11) is 0. The molecule has 1 saturated carbocycles. The molecule has 8 heteroatoms. The summed E-state index contributed by atoms with van der Waals surface area (Å²) in [6, 6.07) is 0. The largest absolute Gasteiger partial charge is 0.476 e. The van der Waals surface area contributed by atoms with Gasteiger partial charge in [0.25, 0.3) is 0 Å². The molecule has 0 radical (unpaired) electrons. The molecule has 1 aromatic rings. The second-order valence-corrected chi connectivity index (χ2v) is 5.15. The van der Waals surface area contributed by atoms with Crippen LogP contribution in [0.25, 0.3) is 0 Å². The average Bonchev–Trinajstić information content (AvgIpc) is 2.78. The molecule has 0 spiro atoms. The molecular weight excluding hydrogens is 273 g/mol. The van der Waals surface area contributed by atoms with Crippen LogP contribution < -0.4 is 5.73 Å². The number of thiazole rings is 1. The molecule has 2 unspecified atom stereocenters. The van der Waals surface area contributed by atoms with Crippen molar-refractivity contribution in [2.75, 3.05) is 5.73 Å². The molecule has 0 aromatic carbocycles. The quantitative estimate of drug-likeness (QED) is 0.650. The van der Waals surface area contributed by atoms with E-state index in [1.54, 1.807) is 0 Å². The molecule has 0 bridgehead atoms. The summed E-state index contributed by atoms with van der Waals surface area (Å²) < 4.78 is 13.5. The molecule has 1 aliphatic carbocycles. The summed E-state index contributed by atoms with van der Waals surface area (Å²) in [6.07, 6.45) is 0.849. The van der Waals surface area contributed by atoms with E-state index >= 15 is 0 Å². The molecule has 2 rings (SSSR count). The fourth-order valence-electron chi connectivity index (χ4n) is 1.88. The third kappa shape index (κ3) is 3.40. The Kier molecular flexibility index (Phi) is 4.31. The second-order valence-electron chi connectivity index (χ2n) is 4.26. The summed E-state index contributed by atoms with van der Waals surface area (Å²) in [5, 5.41) is 14.3. The molecule has 1 heterocycles. The average molecular weight is 287 g/mol. The number of nitrogens with two attached hydrogens (primary N) is 1. The number of carboxylic acid groups (broad SMARTS) is 1. The van der Waals surface area contributed by atoms with Crippen molar-refractivity contribution in [3.05, 3.63) is 11.1 Å². The minimum absolute atomic E-state index is 0.126. The molecule has 19 heavy (non-hydrogen) atoms. The van der Waals surface area contributed by atoms with Crippen LogP contribution in [0.5, 0.6) is 0 Å². The number of halogens is 1. The van der Waals surface area contributed by atoms with Gasteiger partial charge in [-0.2, -0.15) is 0 Å². The van der Waals surface area contributed by atoms with Crippen LogP contribution >= 0.6 is 11.3 Å². The van der Waals surface area contributed by atoms with Gasteiger partial charge in [0.15, 0.2) is 11.2 Å². The Morgan fingerprint density at radius 1 is 1.58 bits per heavy atom. The molecule has 3 N–H and O–H groups in total. The number of carboxylic acids is 1. The van der Waals surface area contributed by atoms with Crippen molar-refractivity contribution in [2.45, 2.75) is 38.0 Å². The summed E-state index contributed by atoms with van der Waals surface area (Å²) in [5.74, 6) is -1.28. The van der Waals surface area contributed by atoms with Crippen molar-refractivity contribution in [2.24, 2.45) is 5.16 Å². The van der Waals surface area contributed by atoms with Crippen molar-refractivity contribution in [3.8, 4) is 0 Å². The van der Waals surface area contributed by atoms with Crippen LogP contribution in [0.4, 0.5) is 9.52 Å². The third-order valence-corrected chi connectivity index (χ3v) is 3.54. The van der Waals surface area contributed by atoms with E-state index in [-0.39, 0.29) is 16.5 Å². The Hall–Kier alpha value is -1.70. The summed E-state index contributed by atoms with van der Waals surface area (Å²) in [4.78, 5) is 19.9. The van der Waals surface area contributed by atoms with Gasteiger partial charge in [-0.3, -0.25) is 0 Å². The molecule has 6 nitrogen and oxygen atoms in total. The monoisotopic (exact) mass is 287 g/mol. The fraction of sp³-hybridized carbons (Fsp3) is 0.545. The zero-order valence-corrected chi connectivity index (χ0v) is 10.9. The van der Waals surface area contributed by atoms with Gasteiger partial charge < -0.3 is 15.7 Å². The molecule has 1 aromatic heterocycles. The van der Waals surface area contributed by atoms with E-state index in [2.05, 4.69) is 10.1 Å². The first-order chi connectivity index (χ1) is 9.08. The van der Waals surface area contributed by atoms with E-state index in [0.717, 1.165) is 24.2 Å². The van der Waals surface area contributed by atoms with Crippen LogP contribution in [0.15, 0.2) is 10.5 Å². The molecule has 1 fully saturated rings. The minimum Gasteiger partial charge on any atom is -0.476 e. The third-order valence-electron chi connectivity index (χ3n) is 2.87. The number of rotatable bonds is 4. The van der Waals surface area contributed by atoms with Crippen LogP contribution in [-0.2, 0) is 9.63 Å². The number of nitrogens with zero attached hydrogens (tertiary/aromatic N) is 2. The van der Waals surface area contributed by atoms with Crippen LogP contribution in [-0.4, -0.2) is 34.0 Å². The van der Waals surface area contributed by atoms with Crippen LogP contribution in [0.1, 0.15) is 31.4 Å². The van der Waals surface area contributed by atoms with Gasteiger partial charge in [-0.1, -0.05) is 11.6 Å². The van der Waals surface area contributed by atoms with E-state index in [0.29, 0.717) is 12.8 Å². The highest BCUT2D eigenvalue weighted by atomic mass is 32.1. The number of nitrogen functional groups attached to an aromatic ring is 1. The summed E-state index contributed by atoms with van der Waals surface area (Å²) in [5.41, 5.74) is 5.21. The van der Waals surface area contributed by atoms with Crippen molar-refractivity contribution >= 4 is 28.1 Å². The number of aromatic nitrogens is 1. The Labute approximate surface area is 113 Å². The van der Waals surface area contributed by atoms with Crippen LogP contribution in [0.3, 0.4) is 0 Å². The maximum atomic E-state index is 13.5. The lowest BCUT2D eigenvalue weighted by atomic mass is 9.96. The molecule has 104 valence electrons. The SMILES string of the molecule is Nc1nc(C(=NOC2CCCCC2F)C(=O)O)cs1. The molecule has 1 aliphatic rings. The van der Waals surface area contributed by atoms with Gasteiger partial charge in [-0.25, -0.2) is 14.2 Å². The standard InChI is InChI=1S/C11H14FN3O3S/c12-6-3-1-2-4-8(6)18-15-9(10(16)17)7-5-19-11(13)14-7/h5-6,8H,1-4H2,(H2,13,14)(H,16,17). The highest BCUT2D eigenvalue weighted by Crippen LogP contribution is 2.24. The van der Waals surface area contributed by atoms with Gasteiger partial charge in [0, 0.05) is 5.38 Å². The van der Waals surface area contributed by atoms with Gasteiger partial charge in [-0.05, 0) is 19.3 Å². The Balaban J connectivity index is 2.11. The minimum atomic E-state index is -1.28. The normalized spacial score (nSPS) is 24.2. The Bertz CT molecular complexity index is 491. The van der Waals surface area contributed by atoms with E-state index in [4.69, 9.17) is 15.7 Å². The van der Waals surface area contributed by atoms with Crippen molar-refractivity contribution < 1.29 is 19.1 Å². The van der Waals surface area contributed by atoms with Gasteiger partial charge in [-0.15, -0.1) is 11.3 Å². The number of hydrogen-bond donors (Lipinski definition) is 2. The predicted octanol–water partition coefficient (Wildman–Crippen LogP) is 1.81. The number of carbonyl (C=O) groups is 1. The van der Waals surface area contributed by atoms with Crippen molar-refractivity contribution in [1.82, 2.24) is 4.98 Å². The summed E-state index contributed by atoms with van der Waals surface area (Å²) >= 11 is 1.10. The highest BCUT2D eigenvalue weighted by molar-refractivity contribution is 7.13. The number of oxime groups is 1. The Morgan fingerprint density at radius 2 is 2.32 bits per heavy atom. The van der Waals surface area contributed by atoms with Gasteiger partial charge in [0.1, 0.15) is 11.9 Å². The van der Waals surface area contributed by atoms with Crippen molar-refractivity contribution in [1.29, 1.82) is 0 Å². The number of hydrogen-bond acceptors (Lipinski definition) is 6. The molecule has 0 amide bonds. The van der Waals surface area contributed by atoms with E-state index in [1.807, 2.05) is 0 Å².